The van der Waals surface area contributed by atoms with E-state index in [1.54, 1.807) is 0 Å². The molecule has 0 fully saturated rings. The van der Waals surface area contributed by atoms with Gasteiger partial charge in [-0.05, 0) is 29.5 Å². The molecule has 3 nitrogen and oxygen atoms in total. The lowest BCUT2D eigenvalue weighted by Crippen LogP contribution is -2.32. The van der Waals surface area contributed by atoms with E-state index in [0.717, 1.165) is 18.0 Å². The molecule has 0 unspecified atom stereocenters. The summed E-state index contributed by atoms with van der Waals surface area (Å²) >= 11 is 5.95. The molecule has 1 rings (SSSR count). The molecule has 0 aliphatic heterocycles. The van der Waals surface area contributed by atoms with Gasteiger partial charge in [-0.15, -0.1) is 0 Å². The first-order valence-corrected chi connectivity index (χ1v) is 6.44. The summed E-state index contributed by atoms with van der Waals surface area (Å²) in [4.78, 5) is 10.4. The number of carboxylic acids is 1. The predicted molar refractivity (Wildman–Crippen MR) is 74.1 cm³/mol. The SMILES string of the molecule is CC(C)(CNCCC(=O)O)Cc1cccc(Cl)c1. The highest BCUT2D eigenvalue weighted by Crippen LogP contribution is 2.22. The summed E-state index contributed by atoms with van der Waals surface area (Å²) in [6, 6.07) is 7.85. The molecule has 18 heavy (non-hydrogen) atoms. The van der Waals surface area contributed by atoms with E-state index in [0.29, 0.717) is 6.54 Å². The first kappa shape index (κ1) is 15.0. The summed E-state index contributed by atoms with van der Waals surface area (Å²) in [7, 11) is 0. The zero-order valence-corrected chi connectivity index (χ0v) is 11.6. The topological polar surface area (TPSA) is 49.3 Å². The first-order chi connectivity index (χ1) is 8.39. The normalized spacial score (nSPS) is 11.5. The highest BCUT2D eigenvalue weighted by atomic mass is 35.5. The van der Waals surface area contributed by atoms with Gasteiger partial charge in [-0.3, -0.25) is 4.79 Å². The van der Waals surface area contributed by atoms with Crippen LogP contribution in [0, 0.1) is 5.41 Å². The van der Waals surface area contributed by atoms with E-state index in [1.807, 2.05) is 18.2 Å². The minimum Gasteiger partial charge on any atom is -0.481 e. The van der Waals surface area contributed by atoms with Crippen LogP contribution in [0.2, 0.25) is 5.02 Å². The van der Waals surface area contributed by atoms with Crippen molar-refractivity contribution >= 4 is 17.6 Å². The number of benzene rings is 1. The summed E-state index contributed by atoms with van der Waals surface area (Å²) in [5.41, 5.74) is 1.27. The van der Waals surface area contributed by atoms with E-state index >= 15 is 0 Å². The minimum absolute atomic E-state index is 0.0726. The number of carbonyl (C=O) groups is 1. The van der Waals surface area contributed by atoms with Crippen LogP contribution >= 0.6 is 11.6 Å². The molecule has 1 aromatic rings. The Kier molecular flexibility index (Phi) is 5.63. The molecule has 0 aromatic heterocycles. The number of aliphatic carboxylic acids is 1. The lowest BCUT2D eigenvalue weighted by molar-refractivity contribution is -0.136. The first-order valence-electron chi connectivity index (χ1n) is 6.06. The van der Waals surface area contributed by atoms with Crippen molar-refractivity contribution in [3.8, 4) is 0 Å². The van der Waals surface area contributed by atoms with Crippen LogP contribution in [0.1, 0.15) is 25.8 Å². The Balaban J connectivity index is 2.41. The van der Waals surface area contributed by atoms with Crippen LogP contribution in [-0.2, 0) is 11.2 Å². The number of nitrogens with one attached hydrogen (secondary N) is 1. The summed E-state index contributed by atoms with van der Waals surface area (Å²) in [5.74, 6) is -0.768. The Morgan fingerprint density at radius 3 is 2.78 bits per heavy atom. The number of rotatable bonds is 7. The van der Waals surface area contributed by atoms with Gasteiger partial charge in [0.05, 0.1) is 6.42 Å². The molecular weight excluding hydrogens is 250 g/mol. The summed E-state index contributed by atoms with van der Waals surface area (Å²) in [6.07, 6.45) is 1.07. The molecule has 0 aliphatic carbocycles. The fourth-order valence-electron chi connectivity index (χ4n) is 1.88. The third-order valence-corrected chi connectivity index (χ3v) is 2.93. The fraction of sp³-hybridized carbons (Fsp3) is 0.500. The van der Waals surface area contributed by atoms with Crippen LogP contribution in [0.25, 0.3) is 0 Å². The van der Waals surface area contributed by atoms with Crippen molar-refractivity contribution < 1.29 is 9.90 Å². The van der Waals surface area contributed by atoms with Crippen molar-refractivity contribution in [2.75, 3.05) is 13.1 Å². The standard InChI is InChI=1S/C14H20ClNO2/c1-14(2,10-16-7-6-13(17)18)9-11-4-3-5-12(15)8-11/h3-5,8,16H,6-7,9-10H2,1-2H3,(H,17,18). The largest absolute Gasteiger partial charge is 0.481 e. The average molecular weight is 270 g/mol. The second kappa shape index (κ2) is 6.76. The molecule has 0 radical (unpaired) electrons. The van der Waals surface area contributed by atoms with Gasteiger partial charge < -0.3 is 10.4 Å². The zero-order chi connectivity index (χ0) is 13.6. The smallest absolute Gasteiger partial charge is 0.304 e. The number of carboxylic acid groups (broad SMARTS) is 1. The van der Waals surface area contributed by atoms with Gasteiger partial charge in [0, 0.05) is 18.1 Å². The molecule has 0 heterocycles. The van der Waals surface area contributed by atoms with Crippen molar-refractivity contribution in [2.24, 2.45) is 5.41 Å². The van der Waals surface area contributed by atoms with E-state index in [4.69, 9.17) is 16.7 Å². The molecule has 0 amide bonds. The Labute approximate surface area is 113 Å². The molecule has 100 valence electrons. The second-order valence-corrected chi connectivity index (χ2v) is 5.73. The highest BCUT2D eigenvalue weighted by molar-refractivity contribution is 6.30. The van der Waals surface area contributed by atoms with E-state index < -0.39 is 5.97 Å². The number of hydrogen-bond acceptors (Lipinski definition) is 2. The Morgan fingerprint density at radius 1 is 1.44 bits per heavy atom. The highest BCUT2D eigenvalue weighted by Gasteiger charge is 2.18. The molecule has 1 aromatic carbocycles. The van der Waals surface area contributed by atoms with Gasteiger partial charge in [0.1, 0.15) is 0 Å². The van der Waals surface area contributed by atoms with Crippen molar-refractivity contribution in [1.82, 2.24) is 5.32 Å². The lowest BCUT2D eigenvalue weighted by Gasteiger charge is -2.25. The van der Waals surface area contributed by atoms with Gasteiger partial charge in [0.15, 0.2) is 0 Å². The van der Waals surface area contributed by atoms with E-state index in [1.165, 1.54) is 5.56 Å². The quantitative estimate of drug-likeness (QED) is 0.748. The van der Waals surface area contributed by atoms with Gasteiger partial charge in [-0.25, -0.2) is 0 Å². The fourth-order valence-corrected chi connectivity index (χ4v) is 2.10. The molecular formula is C14H20ClNO2. The maximum Gasteiger partial charge on any atom is 0.304 e. The molecule has 2 N–H and O–H groups in total. The van der Waals surface area contributed by atoms with E-state index in [2.05, 4.69) is 25.2 Å². The molecule has 0 saturated carbocycles. The molecule has 0 bridgehead atoms. The van der Waals surface area contributed by atoms with Crippen LogP contribution in [0.3, 0.4) is 0 Å². The van der Waals surface area contributed by atoms with Crippen molar-refractivity contribution in [1.29, 1.82) is 0 Å². The zero-order valence-electron chi connectivity index (χ0n) is 10.9. The average Bonchev–Trinajstić information content (AvgIpc) is 2.23. The molecule has 4 heteroatoms. The van der Waals surface area contributed by atoms with Gasteiger partial charge in [-0.1, -0.05) is 37.6 Å². The third kappa shape index (κ3) is 6.03. The van der Waals surface area contributed by atoms with Gasteiger partial charge in [0.2, 0.25) is 0 Å². The van der Waals surface area contributed by atoms with Crippen LogP contribution in [0.5, 0.6) is 0 Å². The number of halogens is 1. The summed E-state index contributed by atoms with van der Waals surface area (Å²) in [5, 5.41) is 12.5. The molecule has 0 atom stereocenters. The monoisotopic (exact) mass is 269 g/mol. The van der Waals surface area contributed by atoms with E-state index in [9.17, 15) is 4.79 Å². The van der Waals surface area contributed by atoms with E-state index in [-0.39, 0.29) is 11.8 Å². The molecule has 0 spiro atoms. The lowest BCUT2D eigenvalue weighted by atomic mass is 9.85. The second-order valence-electron chi connectivity index (χ2n) is 5.29. The maximum absolute atomic E-state index is 10.4. The molecule has 0 saturated heterocycles. The van der Waals surface area contributed by atoms with Gasteiger partial charge >= 0.3 is 5.97 Å². The van der Waals surface area contributed by atoms with Crippen molar-refractivity contribution in [3.63, 3.8) is 0 Å². The van der Waals surface area contributed by atoms with Crippen LogP contribution in [0.4, 0.5) is 0 Å². The Morgan fingerprint density at radius 2 is 2.17 bits per heavy atom. The minimum atomic E-state index is -0.768. The third-order valence-electron chi connectivity index (χ3n) is 2.69. The maximum atomic E-state index is 10.4. The molecule has 0 aliphatic rings. The van der Waals surface area contributed by atoms with Gasteiger partial charge in [0.25, 0.3) is 0 Å². The van der Waals surface area contributed by atoms with Crippen LogP contribution < -0.4 is 5.32 Å². The predicted octanol–water partition coefficient (Wildman–Crippen LogP) is 2.97. The number of hydrogen-bond donors (Lipinski definition) is 2. The summed E-state index contributed by atoms with van der Waals surface area (Å²) in [6.45, 7) is 5.60. The summed E-state index contributed by atoms with van der Waals surface area (Å²) < 4.78 is 0. The van der Waals surface area contributed by atoms with Crippen LogP contribution in [-0.4, -0.2) is 24.2 Å². The van der Waals surface area contributed by atoms with Crippen LogP contribution in [0.15, 0.2) is 24.3 Å². The Hall–Kier alpha value is -1.06. The van der Waals surface area contributed by atoms with Crippen molar-refractivity contribution in [3.05, 3.63) is 34.9 Å². The van der Waals surface area contributed by atoms with Gasteiger partial charge in [-0.2, -0.15) is 0 Å². The van der Waals surface area contributed by atoms with Crippen molar-refractivity contribution in [2.45, 2.75) is 26.7 Å². The Bertz CT molecular complexity index is 405.